The number of rotatable bonds is 7. The zero-order chi connectivity index (χ0) is 18.1. The van der Waals surface area contributed by atoms with Crippen molar-refractivity contribution >= 4 is 18.0 Å². The van der Waals surface area contributed by atoms with Crippen molar-refractivity contribution in [2.45, 2.75) is 13.8 Å². The Kier molecular flexibility index (Phi) is 6.71. The Morgan fingerprint density at radius 3 is 2.40 bits per heavy atom. The molecule has 0 fully saturated rings. The van der Waals surface area contributed by atoms with Crippen LogP contribution in [0.5, 0.6) is 5.75 Å². The summed E-state index contributed by atoms with van der Waals surface area (Å²) in [7, 11) is 0. The van der Waals surface area contributed by atoms with Crippen LogP contribution in [0.2, 0.25) is 0 Å². The van der Waals surface area contributed by atoms with Gasteiger partial charge in [0.05, 0.1) is 19.4 Å². The van der Waals surface area contributed by atoms with Gasteiger partial charge in [0, 0.05) is 5.56 Å². The highest BCUT2D eigenvalue weighted by Crippen LogP contribution is 2.10. The summed E-state index contributed by atoms with van der Waals surface area (Å²) in [6, 6.07) is 14.4. The van der Waals surface area contributed by atoms with Crippen LogP contribution in [0.15, 0.2) is 53.6 Å². The van der Waals surface area contributed by atoms with Gasteiger partial charge in [-0.15, -0.1) is 0 Å². The molecule has 0 spiro atoms. The fraction of sp³-hybridized carbons (Fsp3) is 0.211. The summed E-state index contributed by atoms with van der Waals surface area (Å²) in [4.78, 5) is 23.6. The molecule has 0 aromatic heterocycles. The molecule has 0 saturated carbocycles. The number of amides is 2. The summed E-state index contributed by atoms with van der Waals surface area (Å²) < 4.78 is 5.35. The zero-order valence-electron chi connectivity index (χ0n) is 14.3. The van der Waals surface area contributed by atoms with Gasteiger partial charge in [-0.2, -0.15) is 5.10 Å². The Labute approximate surface area is 146 Å². The van der Waals surface area contributed by atoms with Gasteiger partial charge in [0.25, 0.3) is 11.8 Å². The van der Waals surface area contributed by atoms with Crippen LogP contribution in [-0.4, -0.2) is 31.2 Å². The molecule has 0 aliphatic carbocycles. The Bertz CT molecular complexity index is 738. The summed E-state index contributed by atoms with van der Waals surface area (Å²) in [5, 5.41) is 6.41. The van der Waals surface area contributed by atoms with E-state index < -0.39 is 5.91 Å². The molecule has 2 aromatic carbocycles. The Balaban J connectivity index is 1.76. The van der Waals surface area contributed by atoms with E-state index in [1.54, 1.807) is 12.1 Å². The average Bonchev–Trinajstić information content (AvgIpc) is 2.62. The van der Waals surface area contributed by atoms with Gasteiger partial charge in [-0.05, 0) is 55.8 Å². The van der Waals surface area contributed by atoms with Crippen molar-refractivity contribution in [1.82, 2.24) is 10.7 Å². The summed E-state index contributed by atoms with van der Waals surface area (Å²) in [5.41, 5.74) is 4.78. The molecular weight excluding hydrogens is 318 g/mol. The number of benzene rings is 2. The van der Waals surface area contributed by atoms with Gasteiger partial charge in [-0.3, -0.25) is 9.59 Å². The predicted molar refractivity (Wildman–Crippen MR) is 96.9 cm³/mol. The largest absolute Gasteiger partial charge is 0.494 e. The molecule has 0 aliphatic rings. The number of carbonyl (C=O) groups excluding carboxylic acids is 2. The average molecular weight is 339 g/mol. The van der Waals surface area contributed by atoms with Crippen molar-refractivity contribution < 1.29 is 14.3 Å². The van der Waals surface area contributed by atoms with E-state index in [1.807, 2.05) is 50.2 Å². The van der Waals surface area contributed by atoms with Crippen molar-refractivity contribution in [3.63, 3.8) is 0 Å². The second-order valence-electron chi connectivity index (χ2n) is 5.34. The summed E-state index contributed by atoms with van der Waals surface area (Å²) in [6.07, 6.45) is 1.52. The smallest absolute Gasteiger partial charge is 0.259 e. The highest BCUT2D eigenvalue weighted by molar-refractivity contribution is 5.96. The summed E-state index contributed by atoms with van der Waals surface area (Å²) in [6.45, 7) is 4.32. The normalized spacial score (nSPS) is 10.5. The van der Waals surface area contributed by atoms with Gasteiger partial charge >= 0.3 is 0 Å². The van der Waals surface area contributed by atoms with Crippen molar-refractivity contribution in [1.29, 1.82) is 0 Å². The molecule has 2 aromatic rings. The van der Waals surface area contributed by atoms with Crippen molar-refractivity contribution in [3.05, 3.63) is 65.2 Å². The van der Waals surface area contributed by atoms with Crippen molar-refractivity contribution in [2.24, 2.45) is 5.10 Å². The van der Waals surface area contributed by atoms with Gasteiger partial charge in [0.2, 0.25) is 0 Å². The van der Waals surface area contributed by atoms with Crippen LogP contribution in [-0.2, 0) is 4.79 Å². The first-order valence-corrected chi connectivity index (χ1v) is 7.98. The monoisotopic (exact) mass is 339 g/mol. The maximum atomic E-state index is 11.9. The highest BCUT2D eigenvalue weighted by Gasteiger charge is 2.07. The molecule has 0 unspecified atom stereocenters. The minimum atomic E-state index is -0.400. The molecule has 25 heavy (non-hydrogen) atoms. The Morgan fingerprint density at radius 1 is 1.08 bits per heavy atom. The van der Waals surface area contributed by atoms with Gasteiger partial charge in [0.15, 0.2) is 0 Å². The molecule has 2 amide bonds. The minimum absolute atomic E-state index is 0.146. The first-order chi connectivity index (χ1) is 12.1. The first-order valence-electron chi connectivity index (χ1n) is 7.98. The highest BCUT2D eigenvalue weighted by atomic mass is 16.5. The number of aryl methyl sites for hydroxylation is 1. The molecule has 0 atom stereocenters. The third kappa shape index (κ3) is 6.10. The number of hydrogen-bond acceptors (Lipinski definition) is 4. The van der Waals surface area contributed by atoms with Crippen LogP contribution in [0.25, 0.3) is 0 Å². The van der Waals surface area contributed by atoms with E-state index in [0.29, 0.717) is 12.2 Å². The SMILES string of the molecule is CCOc1ccc(/C=N\NC(=O)CNC(=O)c2ccc(C)cc2)cc1. The van der Waals surface area contributed by atoms with E-state index in [0.717, 1.165) is 16.9 Å². The van der Waals surface area contributed by atoms with E-state index in [9.17, 15) is 9.59 Å². The van der Waals surface area contributed by atoms with E-state index in [-0.39, 0.29) is 12.5 Å². The first kappa shape index (κ1) is 18.2. The molecule has 130 valence electrons. The van der Waals surface area contributed by atoms with Crippen LogP contribution in [0.1, 0.15) is 28.4 Å². The molecule has 0 heterocycles. The maximum absolute atomic E-state index is 11.9. The van der Waals surface area contributed by atoms with Crippen LogP contribution in [0, 0.1) is 6.92 Å². The fourth-order valence-electron chi connectivity index (χ4n) is 2.00. The molecule has 0 bridgehead atoms. The molecular formula is C19H21N3O3. The Morgan fingerprint density at radius 2 is 1.76 bits per heavy atom. The van der Waals surface area contributed by atoms with Crippen LogP contribution >= 0.6 is 0 Å². The molecule has 0 radical (unpaired) electrons. The predicted octanol–water partition coefficient (Wildman–Crippen LogP) is 2.27. The maximum Gasteiger partial charge on any atom is 0.259 e. The van der Waals surface area contributed by atoms with Crippen molar-refractivity contribution in [2.75, 3.05) is 13.2 Å². The van der Waals surface area contributed by atoms with E-state index in [4.69, 9.17) is 4.74 Å². The van der Waals surface area contributed by atoms with Crippen LogP contribution < -0.4 is 15.5 Å². The lowest BCUT2D eigenvalue weighted by Crippen LogP contribution is -2.34. The number of hydrazone groups is 1. The lowest BCUT2D eigenvalue weighted by Gasteiger charge is -2.04. The number of ether oxygens (including phenoxy) is 1. The molecule has 6 nitrogen and oxygen atoms in total. The standard InChI is InChI=1S/C19H21N3O3/c1-3-25-17-10-6-15(7-11-17)12-21-22-18(23)13-20-19(24)16-8-4-14(2)5-9-16/h4-12H,3,13H2,1-2H3,(H,20,24)(H,22,23)/b21-12-. The molecule has 2 rings (SSSR count). The Hall–Kier alpha value is -3.15. The van der Waals surface area contributed by atoms with Gasteiger partial charge < -0.3 is 10.1 Å². The second-order valence-corrected chi connectivity index (χ2v) is 5.34. The zero-order valence-corrected chi connectivity index (χ0v) is 14.3. The molecule has 0 aliphatic heterocycles. The van der Waals surface area contributed by atoms with Gasteiger partial charge in [-0.1, -0.05) is 17.7 Å². The lowest BCUT2D eigenvalue weighted by molar-refractivity contribution is -0.120. The van der Waals surface area contributed by atoms with Gasteiger partial charge in [-0.25, -0.2) is 5.43 Å². The second kappa shape index (κ2) is 9.22. The third-order valence-electron chi connectivity index (χ3n) is 3.32. The summed E-state index contributed by atoms with van der Waals surface area (Å²) in [5.74, 6) is 0.0794. The summed E-state index contributed by atoms with van der Waals surface area (Å²) >= 11 is 0. The number of hydrogen-bond donors (Lipinski definition) is 2. The number of carbonyl (C=O) groups is 2. The third-order valence-corrected chi connectivity index (χ3v) is 3.32. The molecule has 6 heteroatoms. The van der Waals surface area contributed by atoms with Gasteiger partial charge in [0.1, 0.15) is 5.75 Å². The van der Waals surface area contributed by atoms with Crippen LogP contribution in [0.4, 0.5) is 0 Å². The van der Waals surface area contributed by atoms with E-state index >= 15 is 0 Å². The molecule has 0 saturated heterocycles. The van der Waals surface area contributed by atoms with E-state index in [1.165, 1.54) is 6.21 Å². The molecule has 2 N–H and O–H groups in total. The topological polar surface area (TPSA) is 79.8 Å². The van der Waals surface area contributed by atoms with E-state index in [2.05, 4.69) is 15.8 Å². The number of nitrogens with one attached hydrogen (secondary N) is 2. The van der Waals surface area contributed by atoms with Crippen molar-refractivity contribution in [3.8, 4) is 5.75 Å². The fourth-order valence-corrected chi connectivity index (χ4v) is 2.00. The number of nitrogens with zero attached hydrogens (tertiary/aromatic N) is 1. The quantitative estimate of drug-likeness (QED) is 0.600. The minimum Gasteiger partial charge on any atom is -0.494 e. The lowest BCUT2D eigenvalue weighted by atomic mass is 10.1. The van der Waals surface area contributed by atoms with Crippen LogP contribution in [0.3, 0.4) is 0 Å².